The molecule has 7 nitrogen and oxygen atoms in total. The molecular formula is H5As3O7. The van der Waals surface area contributed by atoms with Crippen LogP contribution in [0.4, 0.5) is 0 Å². The van der Waals surface area contributed by atoms with E-state index >= 15 is 0 Å². The summed E-state index contributed by atoms with van der Waals surface area (Å²) < 4.78 is 49.2. The van der Waals surface area contributed by atoms with Crippen LogP contribution in [0.1, 0.15) is 0 Å². The predicted octanol–water partition coefficient (Wildman–Crippen LogP) is -4.06. The first-order valence-electron chi connectivity index (χ1n) is 1.73. The van der Waals surface area contributed by atoms with Crippen LogP contribution in [0.2, 0.25) is 0 Å². The molecule has 0 radical (unpaired) electrons. The zero-order valence-corrected chi connectivity index (χ0v) is 10.0. The van der Waals surface area contributed by atoms with E-state index in [9.17, 15) is 0 Å². The van der Waals surface area contributed by atoms with E-state index in [1.54, 1.807) is 0 Å². The number of hydrogen-bond acceptors (Lipinski definition) is 7. The van der Waals surface area contributed by atoms with Crippen molar-refractivity contribution in [3.63, 3.8) is 0 Å². The van der Waals surface area contributed by atoms with Gasteiger partial charge in [0.15, 0.2) is 0 Å². The van der Waals surface area contributed by atoms with Crippen molar-refractivity contribution in [2.75, 3.05) is 0 Å². The molecule has 0 spiro atoms. The SMILES string of the molecule is O[As](O)O[As](O)O[As](O)O. The first kappa shape index (κ1) is 11.4. The predicted molar refractivity (Wildman–Crippen MR) is 30.5 cm³/mol. The summed E-state index contributed by atoms with van der Waals surface area (Å²) >= 11 is -9.96. The number of hydrogen-bond donors (Lipinski definition) is 5. The molecule has 10 heavy (non-hydrogen) atoms. The van der Waals surface area contributed by atoms with Crippen LogP contribution in [0.15, 0.2) is 0 Å². The van der Waals surface area contributed by atoms with Gasteiger partial charge in [-0.3, -0.25) is 0 Å². The van der Waals surface area contributed by atoms with Crippen LogP contribution < -0.4 is 0 Å². The molecule has 0 saturated heterocycles. The quantitative estimate of drug-likeness (QED) is 0.330. The minimum atomic E-state index is -3.35. The maximum absolute atomic E-state index is 8.52. The molecular weight excluding hydrogens is 337 g/mol. The van der Waals surface area contributed by atoms with E-state index in [1.165, 1.54) is 0 Å². The Kier molecular flexibility index (Phi) is 6.81. The van der Waals surface area contributed by atoms with Gasteiger partial charge in [-0.1, -0.05) is 0 Å². The normalized spacial score (nSPS) is 12.0. The summed E-state index contributed by atoms with van der Waals surface area (Å²) in [5.74, 6) is 0. The molecule has 0 aliphatic heterocycles. The summed E-state index contributed by atoms with van der Waals surface area (Å²) in [6.07, 6.45) is 0. The van der Waals surface area contributed by atoms with Gasteiger partial charge in [0.25, 0.3) is 0 Å². The van der Waals surface area contributed by atoms with Crippen LogP contribution in [0, 0.1) is 0 Å². The third kappa shape index (κ3) is 7.50. The summed E-state index contributed by atoms with van der Waals surface area (Å²) in [4.78, 5) is 0. The number of rotatable bonds is 4. The van der Waals surface area contributed by atoms with Crippen molar-refractivity contribution >= 4 is 47.0 Å². The molecule has 0 aromatic rings. The van der Waals surface area contributed by atoms with Crippen LogP contribution in [-0.4, -0.2) is 67.5 Å². The molecule has 0 heterocycles. The van der Waals surface area contributed by atoms with Crippen LogP contribution >= 0.6 is 0 Å². The molecule has 0 aliphatic carbocycles. The first-order chi connectivity index (χ1) is 4.52. The summed E-state index contributed by atoms with van der Waals surface area (Å²) in [6.45, 7) is 0. The summed E-state index contributed by atoms with van der Waals surface area (Å²) in [5, 5.41) is 0. The van der Waals surface area contributed by atoms with E-state index in [2.05, 4.69) is 5.43 Å². The average Bonchev–Trinajstić information content (AvgIpc) is 1.58. The third-order valence-corrected chi connectivity index (χ3v) is 7.72. The van der Waals surface area contributed by atoms with E-state index in [0.29, 0.717) is 0 Å². The van der Waals surface area contributed by atoms with Crippen molar-refractivity contribution in [3.8, 4) is 0 Å². The molecule has 0 aromatic carbocycles. The minimum absolute atomic E-state index is 3.25. The van der Waals surface area contributed by atoms with Gasteiger partial charge < -0.3 is 0 Å². The Hall–Kier alpha value is 1.40. The molecule has 0 aliphatic rings. The van der Waals surface area contributed by atoms with Gasteiger partial charge in [0.2, 0.25) is 0 Å². The second-order valence-corrected chi connectivity index (χ2v) is 8.27. The second-order valence-electron chi connectivity index (χ2n) is 0.907. The summed E-state index contributed by atoms with van der Waals surface area (Å²) in [5.41, 5.74) is 0. The standard InChI is InChI=1S/As3H5O7/c4-1(5)9-3(8)10-2(6)7/h4-8H. The molecule has 0 saturated carbocycles. The molecule has 5 N–H and O–H groups in total. The average molecular weight is 342 g/mol. The monoisotopic (exact) mass is 342 g/mol. The van der Waals surface area contributed by atoms with Crippen LogP contribution in [0.5, 0.6) is 0 Å². The molecule has 0 fully saturated rings. The van der Waals surface area contributed by atoms with Crippen molar-refractivity contribution in [3.05, 3.63) is 0 Å². The van der Waals surface area contributed by atoms with Gasteiger partial charge in [-0.05, 0) is 0 Å². The van der Waals surface area contributed by atoms with E-state index in [4.69, 9.17) is 20.5 Å². The van der Waals surface area contributed by atoms with Crippen molar-refractivity contribution < 1.29 is 25.9 Å². The maximum atomic E-state index is 8.52. The van der Waals surface area contributed by atoms with Crippen LogP contribution in [-0.2, 0) is 5.43 Å². The topological polar surface area (TPSA) is 120 Å². The Bertz CT molecular complexity index is 70.9. The van der Waals surface area contributed by atoms with Gasteiger partial charge in [-0.2, -0.15) is 0 Å². The first-order valence-corrected chi connectivity index (χ1v) is 8.99. The van der Waals surface area contributed by atoms with Gasteiger partial charge in [-0.15, -0.1) is 0 Å². The zero-order chi connectivity index (χ0) is 8.15. The van der Waals surface area contributed by atoms with Crippen LogP contribution in [0.25, 0.3) is 0 Å². The van der Waals surface area contributed by atoms with Crippen molar-refractivity contribution in [2.24, 2.45) is 0 Å². The summed E-state index contributed by atoms with van der Waals surface area (Å²) in [6, 6.07) is 0. The van der Waals surface area contributed by atoms with Gasteiger partial charge in [-0.25, -0.2) is 0 Å². The van der Waals surface area contributed by atoms with E-state index in [0.717, 1.165) is 0 Å². The Morgan fingerprint density at radius 1 is 0.700 bits per heavy atom. The zero-order valence-electron chi connectivity index (χ0n) is 4.39. The molecule has 62 valence electrons. The fraction of sp³-hybridized carbons (Fsp3) is 0. The molecule has 0 atom stereocenters. The van der Waals surface area contributed by atoms with E-state index in [1.807, 2.05) is 0 Å². The van der Waals surface area contributed by atoms with Crippen molar-refractivity contribution in [1.29, 1.82) is 0 Å². The molecule has 0 rings (SSSR count). The molecule has 10 heteroatoms. The Labute approximate surface area is 72.8 Å². The Morgan fingerprint density at radius 2 is 1.00 bits per heavy atom. The van der Waals surface area contributed by atoms with Crippen molar-refractivity contribution in [2.45, 2.75) is 0 Å². The molecule has 0 unspecified atom stereocenters. The molecule has 0 aromatic heterocycles. The fourth-order valence-electron chi connectivity index (χ4n) is 0.140. The third-order valence-electron chi connectivity index (χ3n) is 0.286. The van der Waals surface area contributed by atoms with Gasteiger partial charge in [0, 0.05) is 0 Å². The molecule has 0 amide bonds. The second kappa shape index (κ2) is 5.97. The molecule has 0 bridgehead atoms. The van der Waals surface area contributed by atoms with E-state index in [-0.39, 0.29) is 0 Å². The van der Waals surface area contributed by atoms with Gasteiger partial charge >= 0.3 is 72.9 Å². The Balaban J connectivity index is 3.34. The van der Waals surface area contributed by atoms with E-state index < -0.39 is 47.0 Å². The van der Waals surface area contributed by atoms with Crippen LogP contribution in [0.3, 0.4) is 0 Å². The van der Waals surface area contributed by atoms with Gasteiger partial charge in [0.1, 0.15) is 0 Å². The van der Waals surface area contributed by atoms with Gasteiger partial charge in [0.05, 0.1) is 0 Å². The van der Waals surface area contributed by atoms with Crippen molar-refractivity contribution in [1.82, 2.24) is 0 Å². The fourth-order valence-corrected chi connectivity index (χ4v) is 5.47. The summed E-state index contributed by atoms with van der Waals surface area (Å²) in [7, 11) is 0. The Morgan fingerprint density at radius 3 is 1.20 bits per heavy atom.